The zero-order valence-corrected chi connectivity index (χ0v) is 14.2. The summed E-state index contributed by atoms with van der Waals surface area (Å²) in [5.74, 6) is 0. The van der Waals surface area contributed by atoms with E-state index < -0.39 is 6.10 Å². The van der Waals surface area contributed by atoms with Crippen LogP contribution >= 0.6 is 0 Å². The van der Waals surface area contributed by atoms with Gasteiger partial charge in [-0.1, -0.05) is 12.1 Å². The van der Waals surface area contributed by atoms with Gasteiger partial charge in [-0.25, -0.2) is 4.98 Å². The molecule has 0 saturated carbocycles. The lowest BCUT2D eigenvalue weighted by Gasteiger charge is -2.14. The van der Waals surface area contributed by atoms with Crippen LogP contribution in [0.3, 0.4) is 0 Å². The molecule has 0 bridgehead atoms. The van der Waals surface area contributed by atoms with Gasteiger partial charge in [0.15, 0.2) is 0 Å². The Bertz CT molecular complexity index is 1190. The number of fused-ring (bicyclic) bond motifs is 3. The van der Waals surface area contributed by atoms with Gasteiger partial charge in [0.2, 0.25) is 0 Å². The van der Waals surface area contributed by atoms with Crippen molar-refractivity contribution >= 4 is 16.7 Å². The number of rotatable bonds is 4. The van der Waals surface area contributed by atoms with E-state index in [1.807, 2.05) is 28.8 Å². The highest BCUT2D eigenvalue weighted by Gasteiger charge is 2.19. The number of aliphatic hydroxyl groups is 1. The molecule has 7 nitrogen and oxygen atoms in total. The van der Waals surface area contributed by atoms with Gasteiger partial charge >= 0.3 is 0 Å². The van der Waals surface area contributed by atoms with Crippen LogP contribution in [-0.4, -0.2) is 29.7 Å². The van der Waals surface area contributed by atoms with Crippen molar-refractivity contribution in [1.82, 2.24) is 18.5 Å². The predicted molar refractivity (Wildman–Crippen MR) is 96.8 cm³/mol. The summed E-state index contributed by atoms with van der Waals surface area (Å²) in [6.45, 7) is 2.38. The SMILES string of the molecule is Cc1cc(=O)n2c3ccccc3n(C[C@H](O)Cn3ccnc3)c2c1C#N. The summed E-state index contributed by atoms with van der Waals surface area (Å²) in [5.41, 5.74) is 2.93. The molecular formula is C19H17N5O2. The maximum Gasteiger partial charge on any atom is 0.257 e. The molecule has 26 heavy (non-hydrogen) atoms. The Morgan fingerprint density at radius 2 is 2.04 bits per heavy atom. The van der Waals surface area contributed by atoms with Gasteiger partial charge in [-0.3, -0.25) is 9.20 Å². The molecular weight excluding hydrogens is 330 g/mol. The van der Waals surface area contributed by atoms with Gasteiger partial charge in [-0.15, -0.1) is 0 Å². The summed E-state index contributed by atoms with van der Waals surface area (Å²) in [5, 5.41) is 20.2. The number of nitriles is 1. The van der Waals surface area contributed by atoms with Crippen molar-refractivity contribution in [3.05, 3.63) is 70.5 Å². The van der Waals surface area contributed by atoms with E-state index in [2.05, 4.69) is 11.1 Å². The van der Waals surface area contributed by atoms with E-state index in [9.17, 15) is 15.2 Å². The number of benzene rings is 1. The first-order valence-corrected chi connectivity index (χ1v) is 8.27. The highest BCUT2D eigenvalue weighted by molar-refractivity contribution is 5.84. The number of pyridine rings is 1. The second-order valence-corrected chi connectivity index (χ2v) is 6.32. The third-order valence-electron chi connectivity index (χ3n) is 4.55. The third-order valence-corrected chi connectivity index (χ3v) is 4.55. The number of para-hydroxylation sites is 2. The average Bonchev–Trinajstić information content (AvgIpc) is 3.22. The molecule has 3 aromatic heterocycles. The first kappa shape index (κ1) is 16.1. The second kappa shape index (κ2) is 6.17. The van der Waals surface area contributed by atoms with E-state index >= 15 is 0 Å². The Hall–Kier alpha value is -3.37. The molecule has 1 atom stereocenters. The first-order chi connectivity index (χ1) is 12.6. The smallest absolute Gasteiger partial charge is 0.257 e. The van der Waals surface area contributed by atoms with Crippen LogP contribution in [0.1, 0.15) is 11.1 Å². The molecule has 3 heterocycles. The number of nitrogens with zero attached hydrogens (tertiary/aromatic N) is 5. The largest absolute Gasteiger partial charge is 0.389 e. The minimum absolute atomic E-state index is 0.185. The molecule has 4 aromatic rings. The van der Waals surface area contributed by atoms with Crippen molar-refractivity contribution in [2.24, 2.45) is 0 Å². The Balaban J connectivity index is 1.94. The maximum absolute atomic E-state index is 12.6. The normalized spacial score (nSPS) is 12.5. The van der Waals surface area contributed by atoms with E-state index in [1.165, 1.54) is 6.07 Å². The van der Waals surface area contributed by atoms with Crippen LogP contribution in [0.5, 0.6) is 0 Å². The molecule has 0 fully saturated rings. The minimum Gasteiger partial charge on any atom is -0.389 e. The lowest BCUT2D eigenvalue weighted by molar-refractivity contribution is 0.137. The number of imidazole rings is 2. The van der Waals surface area contributed by atoms with Crippen molar-refractivity contribution in [3.63, 3.8) is 0 Å². The Kier molecular flexibility index (Phi) is 3.82. The quantitative estimate of drug-likeness (QED) is 0.608. The molecule has 0 spiro atoms. The van der Waals surface area contributed by atoms with Gasteiger partial charge in [0.25, 0.3) is 5.56 Å². The average molecular weight is 347 g/mol. The maximum atomic E-state index is 12.6. The monoisotopic (exact) mass is 347 g/mol. The highest BCUT2D eigenvalue weighted by atomic mass is 16.3. The first-order valence-electron chi connectivity index (χ1n) is 8.27. The molecule has 0 aliphatic carbocycles. The Morgan fingerprint density at radius 3 is 2.73 bits per heavy atom. The molecule has 1 N–H and O–H groups in total. The fourth-order valence-electron chi connectivity index (χ4n) is 3.43. The lowest BCUT2D eigenvalue weighted by atomic mass is 10.1. The predicted octanol–water partition coefficient (Wildman–Crippen LogP) is 1.69. The van der Waals surface area contributed by atoms with E-state index in [4.69, 9.17) is 0 Å². The highest BCUT2D eigenvalue weighted by Crippen LogP contribution is 2.24. The Morgan fingerprint density at radius 1 is 1.27 bits per heavy atom. The van der Waals surface area contributed by atoms with Crippen LogP contribution in [0.15, 0.2) is 53.8 Å². The Labute approximate surface area is 149 Å². The van der Waals surface area contributed by atoms with Gasteiger partial charge in [0, 0.05) is 18.5 Å². The summed E-state index contributed by atoms with van der Waals surface area (Å²) in [6, 6.07) is 11.2. The van der Waals surface area contributed by atoms with Crippen LogP contribution in [0, 0.1) is 18.3 Å². The fourth-order valence-corrected chi connectivity index (χ4v) is 3.43. The molecule has 7 heteroatoms. The molecule has 0 radical (unpaired) electrons. The van der Waals surface area contributed by atoms with Gasteiger partial charge in [0.1, 0.15) is 11.7 Å². The van der Waals surface area contributed by atoms with Gasteiger partial charge in [0.05, 0.1) is 42.1 Å². The van der Waals surface area contributed by atoms with Crippen LogP contribution in [-0.2, 0) is 13.1 Å². The summed E-state index contributed by atoms with van der Waals surface area (Å²) in [6.07, 6.45) is 4.38. The van der Waals surface area contributed by atoms with E-state index in [-0.39, 0.29) is 12.1 Å². The van der Waals surface area contributed by atoms with E-state index in [0.717, 1.165) is 11.0 Å². The van der Waals surface area contributed by atoms with Crippen LogP contribution in [0.4, 0.5) is 0 Å². The molecule has 0 unspecified atom stereocenters. The second-order valence-electron chi connectivity index (χ2n) is 6.32. The van der Waals surface area contributed by atoms with Crippen LogP contribution < -0.4 is 5.56 Å². The van der Waals surface area contributed by atoms with E-state index in [0.29, 0.717) is 23.3 Å². The number of hydrogen-bond acceptors (Lipinski definition) is 4. The van der Waals surface area contributed by atoms with Crippen LogP contribution in [0.2, 0.25) is 0 Å². The zero-order chi connectivity index (χ0) is 18.3. The molecule has 4 rings (SSSR count). The molecule has 130 valence electrons. The summed E-state index contributed by atoms with van der Waals surface area (Å²) < 4.78 is 5.19. The molecule has 0 aliphatic heterocycles. The van der Waals surface area contributed by atoms with Gasteiger partial charge in [-0.2, -0.15) is 5.26 Å². The van der Waals surface area contributed by atoms with E-state index in [1.54, 1.807) is 34.6 Å². The van der Waals surface area contributed by atoms with Crippen molar-refractivity contribution in [1.29, 1.82) is 5.26 Å². The summed E-state index contributed by atoms with van der Waals surface area (Å²) in [7, 11) is 0. The van der Waals surface area contributed by atoms with Crippen LogP contribution in [0.25, 0.3) is 16.7 Å². The zero-order valence-electron chi connectivity index (χ0n) is 14.2. The van der Waals surface area contributed by atoms with Crippen molar-refractivity contribution < 1.29 is 5.11 Å². The molecule has 0 aliphatic rings. The third kappa shape index (κ3) is 2.48. The van der Waals surface area contributed by atoms with Crippen molar-refractivity contribution in [2.45, 2.75) is 26.1 Å². The number of aryl methyl sites for hydroxylation is 1. The number of hydrogen-bond donors (Lipinski definition) is 1. The van der Waals surface area contributed by atoms with Gasteiger partial charge < -0.3 is 14.2 Å². The molecule has 0 amide bonds. The fraction of sp³-hybridized carbons (Fsp3) is 0.211. The summed E-state index contributed by atoms with van der Waals surface area (Å²) >= 11 is 0. The van der Waals surface area contributed by atoms with Crippen molar-refractivity contribution in [2.75, 3.05) is 0 Å². The van der Waals surface area contributed by atoms with Crippen molar-refractivity contribution in [3.8, 4) is 6.07 Å². The molecule has 1 aromatic carbocycles. The summed E-state index contributed by atoms with van der Waals surface area (Å²) in [4.78, 5) is 16.6. The topological polar surface area (TPSA) is 88.2 Å². The standard InChI is InChI=1S/C19H17N5O2/c1-13-8-18(26)24-17-5-3-2-4-16(17)23(19(24)15(13)9-20)11-14(25)10-22-7-6-21-12-22/h2-8,12,14,25H,10-11H2,1H3/t14-/m1/s1. The number of aromatic nitrogens is 4. The molecule has 0 saturated heterocycles. The lowest BCUT2D eigenvalue weighted by Crippen LogP contribution is -2.23. The van der Waals surface area contributed by atoms with Gasteiger partial charge in [-0.05, 0) is 24.6 Å². The number of aliphatic hydroxyl groups excluding tert-OH is 1. The minimum atomic E-state index is -0.703.